The van der Waals surface area contributed by atoms with Gasteiger partial charge in [0.05, 0.1) is 5.52 Å². The van der Waals surface area contributed by atoms with Gasteiger partial charge in [-0.15, -0.1) is 0 Å². The van der Waals surface area contributed by atoms with Crippen LogP contribution in [0, 0.1) is 0 Å². The van der Waals surface area contributed by atoms with Crippen LogP contribution in [0.1, 0.15) is 5.82 Å². The van der Waals surface area contributed by atoms with E-state index in [1.54, 1.807) is 0 Å². The van der Waals surface area contributed by atoms with E-state index in [2.05, 4.69) is 9.97 Å². The van der Waals surface area contributed by atoms with Crippen molar-refractivity contribution in [3.63, 3.8) is 0 Å². The number of hydrogen-bond acceptors (Lipinski definition) is 2. The van der Waals surface area contributed by atoms with E-state index in [0.717, 1.165) is 0 Å². The van der Waals surface area contributed by atoms with E-state index >= 15 is 0 Å². The fourth-order valence-electron chi connectivity index (χ4n) is 1.19. The molecule has 7 heteroatoms. The van der Waals surface area contributed by atoms with Gasteiger partial charge in [-0.05, 0) is 18.2 Å². The molecule has 16 heavy (non-hydrogen) atoms. The van der Waals surface area contributed by atoms with Gasteiger partial charge in [0.15, 0.2) is 0 Å². The molecule has 0 aliphatic carbocycles. The highest BCUT2D eigenvalue weighted by molar-refractivity contribution is 6.35. The Bertz CT molecular complexity index is 554. The molecule has 2 nitrogen and oxygen atoms in total. The quantitative estimate of drug-likeness (QED) is 0.675. The van der Waals surface area contributed by atoms with Crippen molar-refractivity contribution in [2.75, 3.05) is 0 Å². The average molecular weight is 267 g/mol. The summed E-state index contributed by atoms with van der Waals surface area (Å²) in [4.78, 5) is 6.55. The monoisotopic (exact) mass is 266 g/mol. The van der Waals surface area contributed by atoms with Crippen LogP contribution in [0.4, 0.5) is 13.2 Å². The Morgan fingerprint density at radius 3 is 2.38 bits per heavy atom. The minimum absolute atomic E-state index is 0.0693. The molecule has 0 aliphatic heterocycles. The summed E-state index contributed by atoms with van der Waals surface area (Å²) in [6, 6.07) is 4.28. The number of fused-ring (bicyclic) bond motifs is 1. The second kappa shape index (κ2) is 3.75. The first-order valence-electron chi connectivity index (χ1n) is 4.08. The molecular formula is C9H3Cl2F3N2. The van der Waals surface area contributed by atoms with Crippen LogP contribution >= 0.6 is 23.2 Å². The van der Waals surface area contributed by atoms with Gasteiger partial charge in [-0.2, -0.15) is 13.2 Å². The first-order valence-corrected chi connectivity index (χ1v) is 4.83. The Morgan fingerprint density at radius 2 is 1.75 bits per heavy atom. The van der Waals surface area contributed by atoms with Crippen LogP contribution in [-0.2, 0) is 6.18 Å². The minimum atomic E-state index is -4.62. The predicted molar refractivity (Wildman–Crippen MR) is 54.6 cm³/mol. The van der Waals surface area contributed by atoms with E-state index < -0.39 is 12.0 Å². The van der Waals surface area contributed by atoms with Crippen molar-refractivity contribution >= 4 is 34.1 Å². The summed E-state index contributed by atoms with van der Waals surface area (Å²) >= 11 is 11.3. The third-order valence-electron chi connectivity index (χ3n) is 1.87. The molecule has 0 fully saturated rings. The van der Waals surface area contributed by atoms with Gasteiger partial charge in [-0.1, -0.05) is 23.2 Å². The van der Waals surface area contributed by atoms with Crippen molar-refractivity contribution in [1.82, 2.24) is 9.97 Å². The van der Waals surface area contributed by atoms with Crippen LogP contribution in [-0.4, -0.2) is 9.97 Å². The summed E-state index contributed by atoms with van der Waals surface area (Å²) in [6.07, 6.45) is -4.62. The zero-order valence-electron chi connectivity index (χ0n) is 7.52. The van der Waals surface area contributed by atoms with Gasteiger partial charge in [0.25, 0.3) is 0 Å². The second-order valence-electron chi connectivity index (χ2n) is 3.00. The van der Waals surface area contributed by atoms with Gasteiger partial charge in [-0.25, -0.2) is 9.97 Å². The van der Waals surface area contributed by atoms with Gasteiger partial charge in [0.1, 0.15) is 5.15 Å². The van der Waals surface area contributed by atoms with Crippen molar-refractivity contribution < 1.29 is 13.2 Å². The molecule has 0 radical (unpaired) electrons. The fourth-order valence-corrected chi connectivity index (χ4v) is 1.60. The largest absolute Gasteiger partial charge is 0.451 e. The van der Waals surface area contributed by atoms with Gasteiger partial charge >= 0.3 is 6.18 Å². The summed E-state index contributed by atoms with van der Waals surface area (Å²) in [5.74, 6) is -1.27. The van der Waals surface area contributed by atoms with Crippen molar-refractivity contribution in [3.05, 3.63) is 34.2 Å². The second-order valence-corrected chi connectivity index (χ2v) is 3.79. The van der Waals surface area contributed by atoms with Gasteiger partial charge < -0.3 is 0 Å². The maximum atomic E-state index is 12.4. The third-order valence-corrected chi connectivity index (χ3v) is 2.39. The lowest BCUT2D eigenvalue weighted by Gasteiger charge is -2.07. The Balaban J connectivity index is 2.75. The number of nitrogens with zero attached hydrogens (tertiary/aromatic N) is 2. The van der Waals surface area contributed by atoms with E-state index in [-0.39, 0.29) is 15.7 Å². The molecule has 0 saturated heterocycles. The van der Waals surface area contributed by atoms with Crippen molar-refractivity contribution in [2.45, 2.75) is 6.18 Å². The lowest BCUT2D eigenvalue weighted by Crippen LogP contribution is -2.11. The first kappa shape index (κ1) is 11.4. The van der Waals surface area contributed by atoms with Gasteiger partial charge in [0.2, 0.25) is 5.82 Å². The first-order chi connectivity index (χ1) is 7.38. The molecule has 0 unspecified atom stereocenters. The molecular weight excluding hydrogens is 264 g/mol. The molecule has 2 aromatic rings. The van der Waals surface area contributed by atoms with Crippen LogP contribution in [0.3, 0.4) is 0 Å². The molecule has 1 aromatic carbocycles. The Hall–Kier alpha value is -1.07. The molecule has 84 valence electrons. The van der Waals surface area contributed by atoms with E-state index in [9.17, 15) is 13.2 Å². The van der Waals surface area contributed by atoms with Crippen molar-refractivity contribution in [1.29, 1.82) is 0 Å². The molecule has 1 heterocycles. The van der Waals surface area contributed by atoms with Gasteiger partial charge in [-0.3, -0.25) is 0 Å². The summed E-state index contributed by atoms with van der Waals surface area (Å²) in [7, 11) is 0. The lowest BCUT2D eigenvalue weighted by molar-refractivity contribution is -0.144. The number of benzene rings is 1. The highest BCUT2D eigenvalue weighted by Gasteiger charge is 2.35. The number of halogens is 5. The third kappa shape index (κ3) is 2.05. The number of alkyl halides is 3. The molecule has 2 rings (SSSR count). The summed E-state index contributed by atoms with van der Waals surface area (Å²) in [5.41, 5.74) is 0.0693. The zero-order valence-corrected chi connectivity index (χ0v) is 9.03. The Morgan fingerprint density at radius 1 is 1.06 bits per heavy atom. The molecule has 0 aliphatic rings. The SMILES string of the molecule is FC(F)(F)c1nc(Cl)c2ccc(Cl)cc2n1. The molecule has 0 spiro atoms. The maximum Gasteiger partial charge on any atom is 0.451 e. The van der Waals surface area contributed by atoms with Crippen LogP contribution < -0.4 is 0 Å². The van der Waals surface area contributed by atoms with E-state index in [0.29, 0.717) is 5.39 Å². The maximum absolute atomic E-state index is 12.4. The Labute approximate surface area is 98.0 Å². The number of rotatable bonds is 0. The topological polar surface area (TPSA) is 25.8 Å². The fraction of sp³-hybridized carbons (Fsp3) is 0.111. The summed E-state index contributed by atoms with van der Waals surface area (Å²) in [6.45, 7) is 0. The van der Waals surface area contributed by atoms with Crippen LogP contribution in [0.15, 0.2) is 18.2 Å². The standard InChI is InChI=1S/C9H3Cl2F3N2/c10-4-1-2-5-6(3-4)15-8(9(12,13)14)16-7(5)11/h1-3H. The number of hydrogen-bond donors (Lipinski definition) is 0. The zero-order chi connectivity index (χ0) is 11.9. The molecule has 1 aromatic heterocycles. The van der Waals surface area contributed by atoms with Gasteiger partial charge in [0, 0.05) is 10.4 Å². The molecule has 0 saturated carbocycles. The molecule has 0 atom stereocenters. The molecule has 0 amide bonds. The highest BCUT2D eigenvalue weighted by atomic mass is 35.5. The minimum Gasteiger partial charge on any atom is -0.224 e. The van der Waals surface area contributed by atoms with Crippen LogP contribution in [0.5, 0.6) is 0 Å². The highest BCUT2D eigenvalue weighted by Crippen LogP contribution is 2.30. The van der Waals surface area contributed by atoms with E-state index in [1.165, 1.54) is 18.2 Å². The summed E-state index contributed by atoms with van der Waals surface area (Å²) in [5, 5.41) is 0.378. The smallest absolute Gasteiger partial charge is 0.224 e. The van der Waals surface area contributed by atoms with E-state index in [1.807, 2.05) is 0 Å². The van der Waals surface area contributed by atoms with E-state index in [4.69, 9.17) is 23.2 Å². The average Bonchev–Trinajstić information content (AvgIpc) is 2.15. The van der Waals surface area contributed by atoms with Crippen LogP contribution in [0.2, 0.25) is 10.2 Å². The van der Waals surface area contributed by atoms with Crippen molar-refractivity contribution in [2.24, 2.45) is 0 Å². The lowest BCUT2D eigenvalue weighted by atomic mass is 10.2. The predicted octanol–water partition coefficient (Wildman–Crippen LogP) is 3.96. The van der Waals surface area contributed by atoms with Crippen LogP contribution in [0.25, 0.3) is 10.9 Å². The Kier molecular flexibility index (Phi) is 2.67. The number of aromatic nitrogens is 2. The molecule has 0 N–H and O–H groups in total. The summed E-state index contributed by atoms with van der Waals surface area (Å²) < 4.78 is 37.1. The molecule has 0 bridgehead atoms. The van der Waals surface area contributed by atoms with Crippen molar-refractivity contribution in [3.8, 4) is 0 Å². The normalized spacial score (nSPS) is 12.1.